The average Bonchev–Trinajstić information content (AvgIpc) is 2.74. The summed E-state index contributed by atoms with van der Waals surface area (Å²) in [6, 6.07) is 0. The lowest BCUT2D eigenvalue weighted by Crippen LogP contribution is -2.51. The molecule has 2 heteroatoms. The minimum atomic E-state index is -0.0480. The molecule has 3 unspecified atom stereocenters. The topological polar surface area (TPSA) is 32.3 Å². The molecule has 0 saturated heterocycles. The maximum absolute atomic E-state index is 9.43. The van der Waals surface area contributed by atoms with Crippen LogP contribution in [0.3, 0.4) is 0 Å². The van der Waals surface area contributed by atoms with E-state index in [-0.39, 0.29) is 12.1 Å². The fraction of sp³-hybridized carbons (Fsp3) is 0.636. The molecular weight excluding hydrogens is 162 g/mol. The summed E-state index contributed by atoms with van der Waals surface area (Å²) in [4.78, 5) is 0. The second kappa shape index (κ2) is 3.28. The fourth-order valence-electron chi connectivity index (χ4n) is 2.67. The van der Waals surface area contributed by atoms with Crippen LogP contribution in [0.5, 0.6) is 0 Å². The summed E-state index contributed by atoms with van der Waals surface area (Å²) in [5.41, 5.74) is -0.0480. The Kier molecular flexibility index (Phi) is 2.26. The third kappa shape index (κ3) is 1.34. The van der Waals surface area contributed by atoms with Gasteiger partial charge in [-0.05, 0) is 24.7 Å². The van der Waals surface area contributed by atoms with Gasteiger partial charge in [0.2, 0.25) is 0 Å². The Balaban J connectivity index is 2.08. The van der Waals surface area contributed by atoms with Crippen LogP contribution in [-0.2, 0) is 0 Å². The minimum absolute atomic E-state index is 0.0480. The number of aliphatic hydroxyl groups is 1. The standard InChI is InChI=1S/C11H17NO/c1-2-5-12-11(8-13)7-9-3-4-10(11)6-9/h2-4,9-10,12-13H,1,5-8H2. The maximum atomic E-state index is 9.43. The summed E-state index contributed by atoms with van der Waals surface area (Å²) in [5.74, 6) is 1.22. The smallest absolute Gasteiger partial charge is 0.0619 e. The van der Waals surface area contributed by atoms with Crippen molar-refractivity contribution in [3.63, 3.8) is 0 Å². The highest BCUT2D eigenvalue weighted by Gasteiger charge is 2.47. The molecule has 72 valence electrons. The van der Waals surface area contributed by atoms with E-state index in [1.807, 2.05) is 6.08 Å². The Morgan fingerprint density at radius 1 is 1.62 bits per heavy atom. The number of hydrogen-bond acceptors (Lipinski definition) is 2. The quantitative estimate of drug-likeness (QED) is 0.633. The van der Waals surface area contributed by atoms with Gasteiger partial charge in [-0.25, -0.2) is 0 Å². The molecule has 2 nitrogen and oxygen atoms in total. The second-order valence-corrected chi connectivity index (χ2v) is 4.18. The first-order chi connectivity index (χ1) is 6.30. The van der Waals surface area contributed by atoms with Crippen molar-refractivity contribution in [1.29, 1.82) is 0 Å². The lowest BCUT2D eigenvalue weighted by atomic mass is 9.85. The van der Waals surface area contributed by atoms with Gasteiger partial charge >= 0.3 is 0 Å². The summed E-state index contributed by atoms with van der Waals surface area (Å²) in [7, 11) is 0. The lowest BCUT2D eigenvalue weighted by molar-refractivity contribution is 0.140. The molecule has 0 amide bonds. The van der Waals surface area contributed by atoms with Gasteiger partial charge in [-0.2, -0.15) is 0 Å². The summed E-state index contributed by atoms with van der Waals surface area (Å²) < 4.78 is 0. The van der Waals surface area contributed by atoms with Crippen molar-refractivity contribution >= 4 is 0 Å². The summed E-state index contributed by atoms with van der Waals surface area (Å²) >= 11 is 0. The number of nitrogens with one attached hydrogen (secondary N) is 1. The normalized spacial score (nSPS) is 41.3. The predicted molar refractivity (Wildman–Crippen MR) is 53.4 cm³/mol. The number of rotatable bonds is 4. The summed E-state index contributed by atoms with van der Waals surface area (Å²) in [5, 5.41) is 12.8. The van der Waals surface area contributed by atoms with Crippen LogP contribution in [0, 0.1) is 11.8 Å². The van der Waals surface area contributed by atoms with E-state index in [0.29, 0.717) is 11.8 Å². The zero-order valence-corrected chi connectivity index (χ0v) is 7.87. The molecule has 1 saturated carbocycles. The molecule has 0 spiro atoms. The SMILES string of the molecule is C=CCNC1(CO)CC2C=CC1C2. The highest BCUT2D eigenvalue weighted by Crippen LogP contribution is 2.45. The van der Waals surface area contributed by atoms with Crippen LogP contribution < -0.4 is 5.32 Å². The van der Waals surface area contributed by atoms with Crippen LogP contribution in [0.1, 0.15) is 12.8 Å². The molecule has 2 bridgehead atoms. The van der Waals surface area contributed by atoms with E-state index in [1.54, 1.807) is 0 Å². The van der Waals surface area contributed by atoms with Gasteiger partial charge in [0.1, 0.15) is 0 Å². The van der Waals surface area contributed by atoms with Crippen molar-refractivity contribution in [3.8, 4) is 0 Å². The minimum Gasteiger partial charge on any atom is -0.394 e. The van der Waals surface area contributed by atoms with Crippen LogP contribution in [0.4, 0.5) is 0 Å². The van der Waals surface area contributed by atoms with Crippen molar-refractivity contribution < 1.29 is 5.11 Å². The molecule has 0 aromatic rings. The first kappa shape index (κ1) is 8.97. The molecule has 3 atom stereocenters. The Morgan fingerprint density at radius 3 is 2.92 bits per heavy atom. The number of allylic oxidation sites excluding steroid dienone is 1. The Bertz CT molecular complexity index is 236. The number of fused-ring (bicyclic) bond motifs is 2. The van der Waals surface area contributed by atoms with E-state index >= 15 is 0 Å². The number of hydrogen-bond donors (Lipinski definition) is 2. The molecule has 2 aliphatic carbocycles. The van der Waals surface area contributed by atoms with E-state index in [2.05, 4.69) is 24.0 Å². The third-order valence-electron chi connectivity index (χ3n) is 3.39. The van der Waals surface area contributed by atoms with E-state index in [0.717, 1.165) is 13.0 Å². The van der Waals surface area contributed by atoms with Crippen molar-refractivity contribution in [3.05, 3.63) is 24.8 Å². The highest BCUT2D eigenvalue weighted by atomic mass is 16.3. The van der Waals surface area contributed by atoms with Gasteiger partial charge in [0.15, 0.2) is 0 Å². The fourth-order valence-corrected chi connectivity index (χ4v) is 2.67. The van der Waals surface area contributed by atoms with Gasteiger partial charge in [0.25, 0.3) is 0 Å². The molecule has 13 heavy (non-hydrogen) atoms. The predicted octanol–water partition coefficient (Wildman–Crippen LogP) is 1.09. The van der Waals surface area contributed by atoms with Crippen LogP contribution >= 0.6 is 0 Å². The molecule has 1 fully saturated rings. The van der Waals surface area contributed by atoms with Crippen LogP contribution in [0.25, 0.3) is 0 Å². The van der Waals surface area contributed by atoms with Gasteiger partial charge in [0.05, 0.1) is 6.61 Å². The Hall–Kier alpha value is -0.600. The molecule has 0 aromatic carbocycles. The zero-order chi connectivity index (χ0) is 9.31. The number of aliphatic hydroxyl groups excluding tert-OH is 1. The molecule has 2 aliphatic rings. The van der Waals surface area contributed by atoms with E-state index in [4.69, 9.17) is 0 Å². The van der Waals surface area contributed by atoms with Gasteiger partial charge in [-0.15, -0.1) is 6.58 Å². The van der Waals surface area contributed by atoms with Crippen LogP contribution in [0.15, 0.2) is 24.8 Å². The first-order valence-corrected chi connectivity index (χ1v) is 4.96. The van der Waals surface area contributed by atoms with Gasteiger partial charge < -0.3 is 10.4 Å². The van der Waals surface area contributed by atoms with E-state index in [9.17, 15) is 5.11 Å². The van der Waals surface area contributed by atoms with Crippen LogP contribution in [0.2, 0.25) is 0 Å². The van der Waals surface area contributed by atoms with Gasteiger partial charge in [0, 0.05) is 12.1 Å². The largest absolute Gasteiger partial charge is 0.394 e. The molecule has 0 radical (unpaired) electrons. The van der Waals surface area contributed by atoms with Gasteiger partial charge in [-0.1, -0.05) is 18.2 Å². The van der Waals surface area contributed by atoms with Crippen molar-refractivity contribution in [1.82, 2.24) is 5.32 Å². The van der Waals surface area contributed by atoms with Crippen LogP contribution in [-0.4, -0.2) is 23.8 Å². The Morgan fingerprint density at radius 2 is 2.46 bits per heavy atom. The second-order valence-electron chi connectivity index (χ2n) is 4.18. The maximum Gasteiger partial charge on any atom is 0.0619 e. The third-order valence-corrected chi connectivity index (χ3v) is 3.39. The van der Waals surface area contributed by atoms with Crippen molar-refractivity contribution in [2.24, 2.45) is 11.8 Å². The summed E-state index contributed by atoms with van der Waals surface area (Å²) in [6.07, 6.45) is 8.69. The lowest BCUT2D eigenvalue weighted by Gasteiger charge is -2.34. The first-order valence-electron chi connectivity index (χ1n) is 4.96. The van der Waals surface area contributed by atoms with Crippen molar-refractivity contribution in [2.75, 3.05) is 13.2 Å². The van der Waals surface area contributed by atoms with E-state index in [1.165, 1.54) is 6.42 Å². The molecule has 2 N–H and O–H groups in total. The molecule has 0 aliphatic heterocycles. The monoisotopic (exact) mass is 179 g/mol. The van der Waals surface area contributed by atoms with Crippen molar-refractivity contribution in [2.45, 2.75) is 18.4 Å². The molecular formula is C11H17NO. The Labute approximate surface area is 79.3 Å². The molecule has 0 heterocycles. The van der Waals surface area contributed by atoms with E-state index < -0.39 is 0 Å². The average molecular weight is 179 g/mol. The van der Waals surface area contributed by atoms with Gasteiger partial charge in [-0.3, -0.25) is 0 Å². The molecule has 2 rings (SSSR count). The summed E-state index contributed by atoms with van der Waals surface area (Å²) in [6.45, 7) is 4.72. The zero-order valence-electron chi connectivity index (χ0n) is 7.87. The highest BCUT2D eigenvalue weighted by molar-refractivity contribution is 5.19. The molecule has 0 aromatic heterocycles.